The normalized spacial score (nSPS) is 27.9. The lowest BCUT2D eigenvalue weighted by Gasteiger charge is -2.33. The number of likely N-dealkylation sites (tertiary alicyclic amines) is 1. The molecular weight excluding hydrogens is 174 g/mol. The summed E-state index contributed by atoms with van der Waals surface area (Å²) >= 11 is 0. The third kappa shape index (κ3) is 3.19. The van der Waals surface area contributed by atoms with Gasteiger partial charge in [-0.3, -0.25) is 0 Å². The van der Waals surface area contributed by atoms with Crippen LogP contribution in [0.3, 0.4) is 0 Å². The molecule has 2 nitrogen and oxygen atoms in total. The molecule has 0 radical (unpaired) electrons. The van der Waals surface area contributed by atoms with Crippen LogP contribution in [0.15, 0.2) is 0 Å². The van der Waals surface area contributed by atoms with Gasteiger partial charge in [-0.05, 0) is 32.9 Å². The average molecular weight is 192 g/mol. The Bertz CT molecular complexity index is 153. The fourth-order valence-electron chi connectivity index (χ4n) is 1.86. The molecule has 0 aliphatic carbocycles. The van der Waals surface area contributed by atoms with Crippen LogP contribution in [0.4, 0.5) is 8.78 Å². The van der Waals surface area contributed by atoms with Crippen LogP contribution in [0.5, 0.6) is 0 Å². The molecule has 1 saturated heterocycles. The lowest BCUT2D eigenvalue weighted by molar-refractivity contribution is 0.0844. The molecule has 2 N–H and O–H groups in total. The van der Waals surface area contributed by atoms with Gasteiger partial charge in [0, 0.05) is 6.04 Å². The number of nitrogens with zero attached hydrogens (tertiary/aromatic N) is 1. The smallest absolute Gasteiger partial charge is 0.253 e. The Balaban J connectivity index is 2.33. The molecular formula is C9H18F2N2. The van der Waals surface area contributed by atoms with E-state index >= 15 is 0 Å². The van der Waals surface area contributed by atoms with E-state index < -0.39 is 12.5 Å². The predicted octanol–water partition coefficient (Wildman–Crippen LogP) is 1.45. The van der Waals surface area contributed by atoms with Gasteiger partial charge in [0.2, 0.25) is 0 Å². The van der Waals surface area contributed by atoms with Crippen LogP contribution in [-0.4, -0.2) is 37.0 Å². The predicted molar refractivity (Wildman–Crippen MR) is 48.9 cm³/mol. The lowest BCUT2D eigenvalue weighted by atomic mass is 9.97. The molecule has 1 aliphatic heterocycles. The second kappa shape index (κ2) is 4.86. The molecule has 0 spiro atoms. The van der Waals surface area contributed by atoms with Crippen LogP contribution in [0.25, 0.3) is 0 Å². The highest BCUT2D eigenvalue weighted by Crippen LogP contribution is 2.20. The Morgan fingerprint density at radius 2 is 2.15 bits per heavy atom. The van der Waals surface area contributed by atoms with Gasteiger partial charge in [-0.2, -0.15) is 0 Å². The number of piperidine rings is 1. The molecule has 0 amide bonds. The summed E-state index contributed by atoms with van der Waals surface area (Å²) in [6.07, 6.45) is 1.38. The van der Waals surface area contributed by atoms with Crippen LogP contribution < -0.4 is 5.73 Å². The molecule has 1 aliphatic rings. The SMILES string of the molecule is CN1CCCCC1CC(N)C(F)F. The van der Waals surface area contributed by atoms with Crippen molar-refractivity contribution in [1.82, 2.24) is 4.90 Å². The van der Waals surface area contributed by atoms with Gasteiger partial charge in [0.1, 0.15) is 0 Å². The largest absolute Gasteiger partial charge is 0.323 e. The van der Waals surface area contributed by atoms with Crippen molar-refractivity contribution in [3.63, 3.8) is 0 Å². The number of hydrogen-bond donors (Lipinski definition) is 1. The zero-order chi connectivity index (χ0) is 9.84. The summed E-state index contributed by atoms with van der Waals surface area (Å²) in [6.45, 7) is 1.01. The minimum atomic E-state index is -2.38. The van der Waals surface area contributed by atoms with Crippen molar-refractivity contribution >= 4 is 0 Å². The van der Waals surface area contributed by atoms with Gasteiger partial charge in [0.15, 0.2) is 0 Å². The maximum absolute atomic E-state index is 12.2. The van der Waals surface area contributed by atoms with Crippen molar-refractivity contribution in [2.75, 3.05) is 13.6 Å². The van der Waals surface area contributed by atoms with E-state index in [2.05, 4.69) is 4.90 Å². The van der Waals surface area contributed by atoms with Gasteiger partial charge in [0.25, 0.3) is 6.43 Å². The molecule has 2 unspecified atom stereocenters. The minimum Gasteiger partial charge on any atom is -0.323 e. The minimum absolute atomic E-state index is 0.262. The van der Waals surface area contributed by atoms with Crippen LogP contribution >= 0.6 is 0 Å². The summed E-state index contributed by atoms with van der Waals surface area (Å²) in [7, 11) is 1.99. The first-order chi connectivity index (χ1) is 6.11. The Morgan fingerprint density at radius 3 is 2.69 bits per heavy atom. The number of nitrogens with two attached hydrogens (primary N) is 1. The van der Waals surface area contributed by atoms with Crippen LogP contribution in [0.1, 0.15) is 25.7 Å². The van der Waals surface area contributed by atoms with Crippen LogP contribution in [0.2, 0.25) is 0 Å². The number of hydrogen-bond acceptors (Lipinski definition) is 2. The molecule has 1 rings (SSSR count). The Morgan fingerprint density at radius 1 is 1.46 bits per heavy atom. The van der Waals surface area contributed by atoms with Gasteiger partial charge in [-0.25, -0.2) is 8.78 Å². The number of alkyl halides is 2. The zero-order valence-corrected chi connectivity index (χ0v) is 8.05. The summed E-state index contributed by atoms with van der Waals surface area (Å²) in [5.74, 6) is 0. The third-order valence-electron chi connectivity index (χ3n) is 2.79. The Kier molecular flexibility index (Phi) is 4.06. The summed E-state index contributed by atoms with van der Waals surface area (Å²) in [4.78, 5) is 2.14. The van der Waals surface area contributed by atoms with E-state index in [9.17, 15) is 8.78 Å². The van der Waals surface area contributed by atoms with E-state index in [0.717, 1.165) is 19.4 Å². The molecule has 0 aromatic heterocycles. The number of halogens is 2. The highest BCUT2D eigenvalue weighted by atomic mass is 19.3. The molecule has 0 saturated carbocycles. The Hall–Kier alpha value is -0.220. The fraction of sp³-hybridized carbons (Fsp3) is 1.00. The molecule has 4 heteroatoms. The summed E-state index contributed by atoms with van der Waals surface area (Å²) in [5.41, 5.74) is 5.33. The van der Waals surface area contributed by atoms with Crippen molar-refractivity contribution in [2.45, 2.75) is 44.2 Å². The van der Waals surface area contributed by atoms with E-state index in [-0.39, 0.29) is 6.04 Å². The first-order valence-corrected chi connectivity index (χ1v) is 4.85. The van der Waals surface area contributed by atoms with Crippen molar-refractivity contribution < 1.29 is 8.78 Å². The maximum atomic E-state index is 12.2. The average Bonchev–Trinajstić information content (AvgIpc) is 2.08. The number of rotatable bonds is 3. The molecule has 0 aromatic rings. The highest BCUT2D eigenvalue weighted by Gasteiger charge is 2.25. The molecule has 1 heterocycles. The van der Waals surface area contributed by atoms with E-state index in [1.54, 1.807) is 0 Å². The van der Waals surface area contributed by atoms with Gasteiger partial charge < -0.3 is 10.6 Å². The van der Waals surface area contributed by atoms with Crippen molar-refractivity contribution in [2.24, 2.45) is 5.73 Å². The van der Waals surface area contributed by atoms with E-state index in [4.69, 9.17) is 5.73 Å². The first-order valence-electron chi connectivity index (χ1n) is 4.85. The first kappa shape index (κ1) is 10.9. The van der Waals surface area contributed by atoms with Crippen molar-refractivity contribution in [1.29, 1.82) is 0 Å². The van der Waals surface area contributed by atoms with E-state index in [0.29, 0.717) is 6.42 Å². The van der Waals surface area contributed by atoms with Gasteiger partial charge in [-0.1, -0.05) is 6.42 Å². The molecule has 0 aromatic carbocycles. The second-order valence-corrected chi connectivity index (χ2v) is 3.86. The Labute approximate surface area is 78.1 Å². The quantitative estimate of drug-likeness (QED) is 0.733. The van der Waals surface area contributed by atoms with Gasteiger partial charge >= 0.3 is 0 Å². The monoisotopic (exact) mass is 192 g/mol. The molecule has 1 fully saturated rings. The third-order valence-corrected chi connectivity index (χ3v) is 2.79. The topological polar surface area (TPSA) is 29.3 Å². The second-order valence-electron chi connectivity index (χ2n) is 3.86. The van der Waals surface area contributed by atoms with Crippen LogP contribution in [-0.2, 0) is 0 Å². The molecule has 0 bridgehead atoms. The standard InChI is InChI=1S/C9H18F2N2/c1-13-5-3-2-4-7(13)6-8(12)9(10)11/h7-9H,2-6,12H2,1H3. The summed E-state index contributed by atoms with van der Waals surface area (Å²) < 4.78 is 24.3. The van der Waals surface area contributed by atoms with Crippen molar-refractivity contribution in [3.8, 4) is 0 Å². The zero-order valence-electron chi connectivity index (χ0n) is 8.05. The summed E-state index contributed by atoms with van der Waals surface area (Å²) in [5, 5.41) is 0. The van der Waals surface area contributed by atoms with Crippen molar-refractivity contribution in [3.05, 3.63) is 0 Å². The molecule has 2 atom stereocenters. The molecule has 78 valence electrons. The highest BCUT2D eigenvalue weighted by molar-refractivity contribution is 4.79. The molecule has 13 heavy (non-hydrogen) atoms. The van der Waals surface area contributed by atoms with E-state index in [1.807, 2.05) is 7.05 Å². The van der Waals surface area contributed by atoms with Gasteiger partial charge in [0.05, 0.1) is 6.04 Å². The van der Waals surface area contributed by atoms with E-state index in [1.165, 1.54) is 6.42 Å². The lowest BCUT2D eigenvalue weighted by Crippen LogP contribution is -2.42. The van der Waals surface area contributed by atoms with Gasteiger partial charge in [-0.15, -0.1) is 0 Å². The fourth-order valence-corrected chi connectivity index (χ4v) is 1.86. The summed E-state index contributed by atoms with van der Waals surface area (Å²) in [6, 6.07) is -0.691. The van der Waals surface area contributed by atoms with Crippen LogP contribution in [0, 0.1) is 0 Å². The maximum Gasteiger partial charge on any atom is 0.253 e.